The first-order chi connectivity index (χ1) is 16.9. The third-order valence-corrected chi connectivity index (χ3v) is 6.54. The van der Waals surface area contributed by atoms with E-state index in [1.54, 1.807) is 16.8 Å². The molecule has 8 nitrogen and oxygen atoms in total. The van der Waals surface area contributed by atoms with Gasteiger partial charge in [0.25, 0.3) is 0 Å². The van der Waals surface area contributed by atoms with Gasteiger partial charge in [-0.15, -0.1) is 0 Å². The predicted octanol–water partition coefficient (Wildman–Crippen LogP) is 3.37. The highest BCUT2D eigenvalue weighted by Crippen LogP contribution is 2.26. The molecule has 1 N–H and O–H groups in total. The Balaban J connectivity index is 1.31. The van der Waals surface area contributed by atoms with Crippen molar-refractivity contribution in [2.45, 2.75) is 20.0 Å². The van der Waals surface area contributed by atoms with Gasteiger partial charge in [-0.25, -0.2) is 13.9 Å². The van der Waals surface area contributed by atoms with Crippen LogP contribution < -0.4 is 10.3 Å². The van der Waals surface area contributed by atoms with Crippen LogP contribution in [0, 0.1) is 5.82 Å². The van der Waals surface area contributed by atoms with E-state index in [0.29, 0.717) is 30.8 Å². The lowest BCUT2D eigenvalue weighted by atomic mass is 10.1. The SMILES string of the molecule is CCn1cc(C(=O)O)c(=O)c2cc(F)c(N3CCN(Cc4ccc(-n5cccn5)cc4)CC3)cc21. The maximum atomic E-state index is 15.1. The van der Waals surface area contributed by atoms with Crippen molar-refractivity contribution in [2.24, 2.45) is 0 Å². The Morgan fingerprint density at radius 3 is 2.49 bits per heavy atom. The van der Waals surface area contributed by atoms with Crippen molar-refractivity contribution in [3.05, 3.63) is 88.2 Å². The van der Waals surface area contributed by atoms with Crippen molar-refractivity contribution in [3.63, 3.8) is 0 Å². The molecule has 1 aliphatic rings. The summed E-state index contributed by atoms with van der Waals surface area (Å²) in [7, 11) is 0. The minimum atomic E-state index is -1.31. The van der Waals surface area contributed by atoms with Gasteiger partial charge in [0, 0.05) is 63.2 Å². The first kappa shape index (κ1) is 22.8. The number of anilines is 1. The number of halogens is 1. The Hall–Kier alpha value is -3.98. The molecular formula is C26H26FN5O3. The molecule has 3 heterocycles. The van der Waals surface area contributed by atoms with E-state index in [9.17, 15) is 14.7 Å². The van der Waals surface area contributed by atoms with Crippen molar-refractivity contribution in [1.29, 1.82) is 0 Å². The number of aromatic nitrogens is 3. The lowest BCUT2D eigenvalue weighted by Gasteiger charge is -2.36. The number of fused-ring (bicyclic) bond motifs is 1. The van der Waals surface area contributed by atoms with Gasteiger partial charge in [0.1, 0.15) is 11.4 Å². The molecule has 1 aliphatic heterocycles. The van der Waals surface area contributed by atoms with E-state index >= 15 is 4.39 Å². The van der Waals surface area contributed by atoms with Crippen LogP contribution in [0.1, 0.15) is 22.8 Å². The highest BCUT2D eigenvalue weighted by Gasteiger charge is 2.22. The predicted molar refractivity (Wildman–Crippen MR) is 132 cm³/mol. The minimum absolute atomic E-state index is 0.0881. The number of carboxylic acid groups (broad SMARTS) is 1. The quantitative estimate of drug-likeness (QED) is 0.461. The fraction of sp³-hybridized carbons (Fsp3) is 0.269. The third kappa shape index (κ3) is 4.42. The lowest BCUT2D eigenvalue weighted by molar-refractivity contribution is 0.0695. The molecule has 1 fully saturated rings. The van der Waals surface area contributed by atoms with E-state index in [1.165, 1.54) is 17.8 Å². The number of aromatic carboxylic acids is 1. The van der Waals surface area contributed by atoms with E-state index in [4.69, 9.17) is 0 Å². The van der Waals surface area contributed by atoms with Crippen LogP contribution in [-0.2, 0) is 13.1 Å². The second kappa shape index (κ2) is 9.34. The van der Waals surface area contributed by atoms with Gasteiger partial charge >= 0.3 is 5.97 Å². The number of nitrogens with zero attached hydrogens (tertiary/aromatic N) is 5. The monoisotopic (exact) mass is 475 g/mol. The largest absolute Gasteiger partial charge is 0.477 e. The van der Waals surface area contributed by atoms with E-state index in [2.05, 4.69) is 22.1 Å². The summed E-state index contributed by atoms with van der Waals surface area (Å²) >= 11 is 0. The van der Waals surface area contributed by atoms with Gasteiger partial charge in [-0.3, -0.25) is 9.69 Å². The molecule has 4 aromatic rings. The van der Waals surface area contributed by atoms with Crippen molar-refractivity contribution in [3.8, 4) is 5.69 Å². The zero-order valence-electron chi connectivity index (χ0n) is 19.4. The highest BCUT2D eigenvalue weighted by atomic mass is 19.1. The number of rotatable bonds is 6. The summed E-state index contributed by atoms with van der Waals surface area (Å²) in [6.45, 7) is 5.98. The van der Waals surface area contributed by atoms with Crippen molar-refractivity contribution in [1.82, 2.24) is 19.2 Å². The van der Waals surface area contributed by atoms with Crippen molar-refractivity contribution < 1.29 is 14.3 Å². The molecule has 0 atom stereocenters. The first-order valence-corrected chi connectivity index (χ1v) is 11.6. The van der Waals surface area contributed by atoms with Crippen LogP contribution in [0.2, 0.25) is 0 Å². The second-order valence-corrected chi connectivity index (χ2v) is 8.66. The molecule has 0 unspecified atom stereocenters. The molecule has 0 spiro atoms. The topological polar surface area (TPSA) is 83.6 Å². The second-order valence-electron chi connectivity index (χ2n) is 8.66. The van der Waals surface area contributed by atoms with Crippen LogP contribution in [-0.4, -0.2) is 56.5 Å². The van der Waals surface area contributed by atoms with Crippen LogP contribution >= 0.6 is 0 Å². The summed E-state index contributed by atoms with van der Waals surface area (Å²) in [5.74, 6) is -1.82. The summed E-state index contributed by atoms with van der Waals surface area (Å²) in [6.07, 6.45) is 5.00. The number of aryl methyl sites for hydroxylation is 1. The molecule has 0 bridgehead atoms. The Morgan fingerprint density at radius 1 is 1.11 bits per heavy atom. The Bertz CT molecular complexity index is 1420. The normalized spacial score (nSPS) is 14.5. The maximum absolute atomic E-state index is 15.1. The van der Waals surface area contributed by atoms with Gasteiger partial charge in [-0.1, -0.05) is 12.1 Å². The van der Waals surface area contributed by atoms with Crippen LogP contribution in [0.5, 0.6) is 0 Å². The minimum Gasteiger partial charge on any atom is -0.477 e. The van der Waals surface area contributed by atoms with E-state index < -0.39 is 17.2 Å². The molecule has 2 aromatic heterocycles. The molecule has 0 amide bonds. The molecule has 0 saturated carbocycles. The van der Waals surface area contributed by atoms with Gasteiger partial charge in [-0.2, -0.15) is 5.10 Å². The fourth-order valence-electron chi connectivity index (χ4n) is 4.64. The summed E-state index contributed by atoms with van der Waals surface area (Å²) < 4.78 is 18.6. The Kier molecular flexibility index (Phi) is 6.08. The van der Waals surface area contributed by atoms with E-state index in [1.807, 2.05) is 40.9 Å². The summed E-state index contributed by atoms with van der Waals surface area (Å²) in [6, 6.07) is 13.0. The number of benzene rings is 2. The van der Waals surface area contributed by atoms with Gasteiger partial charge in [0.15, 0.2) is 0 Å². The molecule has 1 saturated heterocycles. The fourth-order valence-corrected chi connectivity index (χ4v) is 4.64. The molecule has 9 heteroatoms. The average Bonchev–Trinajstić information content (AvgIpc) is 3.40. The molecule has 0 radical (unpaired) electrons. The number of hydrogen-bond acceptors (Lipinski definition) is 5. The number of carbonyl (C=O) groups is 1. The molecular weight excluding hydrogens is 449 g/mol. The molecule has 35 heavy (non-hydrogen) atoms. The first-order valence-electron chi connectivity index (χ1n) is 11.6. The zero-order chi connectivity index (χ0) is 24.5. The van der Waals surface area contributed by atoms with Gasteiger partial charge in [-0.05, 0) is 42.8 Å². The number of pyridine rings is 1. The number of piperazine rings is 1. The van der Waals surface area contributed by atoms with Crippen LogP contribution in [0.3, 0.4) is 0 Å². The standard InChI is InChI=1S/C26H26FN5O3/c1-2-30-17-21(26(34)35)25(33)20-14-22(27)24(15-23(20)30)31-12-10-29(11-13-31)16-18-4-6-19(7-5-18)32-9-3-8-28-32/h3-9,14-15,17H,2,10-13,16H2,1H3,(H,34,35). The van der Waals surface area contributed by atoms with Gasteiger partial charge in [0.05, 0.1) is 16.9 Å². The van der Waals surface area contributed by atoms with E-state index in [0.717, 1.165) is 25.3 Å². The lowest BCUT2D eigenvalue weighted by Crippen LogP contribution is -2.46. The molecule has 0 aliphatic carbocycles. The van der Waals surface area contributed by atoms with Crippen LogP contribution in [0.25, 0.3) is 16.6 Å². The number of hydrogen-bond donors (Lipinski definition) is 1. The number of carboxylic acids is 1. The molecule has 2 aromatic carbocycles. The van der Waals surface area contributed by atoms with Crippen LogP contribution in [0.15, 0.2) is 65.8 Å². The summed E-state index contributed by atoms with van der Waals surface area (Å²) in [5.41, 5.74) is 2.18. The molecule has 5 rings (SSSR count). The van der Waals surface area contributed by atoms with Crippen LogP contribution in [0.4, 0.5) is 10.1 Å². The Labute approximate surface area is 201 Å². The molecule has 180 valence electrons. The zero-order valence-corrected chi connectivity index (χ0v) is 19.4. The van der Waals surface area contributed by atoms with Crippen molar-refractivity contribution in [2.75, 3.05) is 31.1 Å². The summed E-state index contributed by atoms with van der Waals surface area (Å²) in [5, 5.41) is 13.7. The highest BCUT2D eigenvalue weighted by molar-refractivity contribution is 5.93. The van der Waals surface area contributed by atoms with Gasteiger partial charge in [0.2, 0.25) is 5.43 Å². The summed E-state index contributed by atoms with van der Waals surface area (Å²) in [4.78, 5) is 28.4. The maximum Gasteiger partial charge on any atom is 0.341 e. The van der Waals surface area contributed by atoms with Crippen molar-refractivity contribution >= 4 is 22.6 Å². The Morgan fingerprint density at radius 2 is 1.86 bits per heavy atom. The van der Waals surface area contributed by atoms with E-state index in [-0.39, 0.29) is 10.9 Å². The smallest absolute Gasteiger partial charge is 0.341 e. The average molecular weight is 476 g/mol. The third-order valence-electron chi connectivity index (χ3n) is 6.54. The van der Waals surface area contributed by atoms with Gasteiger partial charge < -0.3 is 14.6 Å².